The third-order valence-corrected chi connectivity index (χ3v) is 4.21. The smallest absolute Gasteiger partial charge is 0.298 e. The molecule has 19 heavy (non-hydrogen) atoms. The van der Waals surface area contributed by atoms with E-state index in [0.717, 1.165) is 37.2 Å². The Balaban J connectivity index is 1.97. The molecule has 2 rings (SSSR count). The number of likely N-dealkylation sites (tertiary alicyclic amines) is 1. The maximum atomic E-state index is 12.4. The molecule has 2 unspecified atom stereocenters. The third-order valence-electron chi connectivity index (χ3n) is 3.64. The van der Waals surface area contributed by atoms with Crippen LogP contribution in [0, 0.1) is 5.92 Å². The van der Waals surface area contributed by atoms with E-state index in [0.29, 0.717) is 12.5 Å². The van der Waals surface area contributed by atoms with Gasteiger partial charge in [-0.05, 0) is 36.6 Å². The molecule has 0 N–H and O–H groups in total. The first-order chi connectivity index (χ1) is 8.86. The SMILES string of the molecule is CC1CCN(Cc2ccc(C(F)(F)F)cc2)CC1Cl. The fourth-order valence-electron chi connectivity index (χ4n) is 2.29. The van der Waals surface area contributed by atoms with E-state index < -0.39 is 11.7 Å². The van der Waals surface area contributed by atoms with Crippen molar-refractivity contribution in [2.45, 2.75) is 31.4 Å². The van der Waals surface area contributed by atoms with Gasteiger partial charge in [-0.1, -0.05) is 19.1 Å². The second kappa shape index (κ2) is 5.71. The molecule has 1 fully saturated rings. The lowest BCUT2D eigenvalue weighted by atomic mass is 9.98. The van der Waals surface area contributed by atoms with E-state index in [4.69, 9.17) is 11.6 Å². The lowest BCUT2D eigenvalue weighted by Crippen LogP contribution is -2.39. The highest BCUT2D eigenvalue weighted by Crippen LogP contribution is 2.29. The van der Waals surface area contributed by atoms with Gasteiger partial charge in [0.05, 0.1) is 5.56 Å². The van der Waals surface area contributed by atoms with Gasteiger partial charge in [0.1, 0.15) is 0 Å². The summed E-state index contributed by atoms with van der Waals surface area (Å²) in [5.41, 5.74) is 0.296. The zero-order valence-electron chi connectivity index (χ0n) is 10.8. The quantitative estimate of drug-likeness (QED) is 0.740. The molecule has 5 heteroatoms. The molecular weight excluding hydrogens is 275 g/mol. The zero-order chi connectivity index (χ0) is 14.0. The van der Waals surface area contributed by atoms with Crippen LogP contribution in [-0.2, 0) is 12.7 Å². The Morgan fingerprint density at radius 2 is 1.89 bits per heavy atom. The van der Waals surface area contributed by atoms with E-state index in [1.165, 1.54) is 0 Å². The number of rotatable bonds is 2. The van der Waals surface area contributed by atoms with E-state index in [1.807, 2.05) is 0 Å². The highest BCUT2D eigenvalue weighted by Gasteiger charge is 2.30. The van der Waals surface area contributed by atoms with Crippen LogP contribution in [0.5, 0.6) is 0 Å². The molecule has 0 bridgehead atoms. The monoisotopic (exact) mass is 291 g/mol. The third kappa shape index (κ3) is 3.86. The van der Waals surface area contributed by atoms with Gasteiger partial charge in [-0.2, -0.15) is 13.2 Å². The summed E-state index contributed by atoms with van der Waals surface area (Å²) in [5.74, 6) is 0.505. The molecule has 2 atom stereocenters. The first kappa shape index (κ1) is 14.7. The van der Waals surface area contributed by atoms with Crippen molar-refractivity contribution in [1.29, 1.82) is 0 Å². The average Bonchev–Trinajstić information content (AvgIpc) is 2.33. The molecule has 0 radical (unpaired) electrons. The molecule has 1 saturated heterocycles. The molecular formula is C14H17ClF3N. The highest BCUT2D eigenvalue weighted by molar-refractivity contribution is 6.21. The van der Waals surface area contributed by atoms with Gasteiger partial charge in [0.15, 0.2) is 0 Å². The van der Waals surface area contributed by atoms with Gasteiger partial charge in [0.2, 0.25) is 0 Å². The molecule has 0 aromatic heterocycles. The molecule has 0 saturated carbocycles. The highest BCUT2D eigenvalue weighted by atomic mass is 35.5. The minimum atomic E-state index is -4.26. The molecule has 0 spiro atoms. The van der Waals surface area contributed by atoms with Gasteiger partial charge < -0.3 is 0 Å². The van der Waals surface area contributed by atoms with Crippen molar-refractivity contribution >= 4 is 11.6 Å². The normalized spacial score (nSPS) is 25.5. The van der Waals surface area contributed by atoms with Crippen LogP contribution in [0.25, 0.3) is 0 Å². The van der Waals surface area contributed by atoms with Crippen LogP contribution in [0.4, 0.5) is 13.2 Å². The standard InChI is InChI=1S/C14H17ClF3N/c1-10-6-7-19(9-13(10)15)8-11-2-4-12(5-3-11)14(16,17)18/h2-5,10,13H,6-9H2,1H3. The van der Waals surface area contributed by atoms with Crippen molar-refractivity contribution in [3.8, 4) is 0 Å². The number of benzene rings is 1. The molecule has 0 amide bonds. The summed E-state index contributed by atoms with van der Waals surface area (Å²) in [5, 5.41) is 0.128. The molecule has 1 aromatic rings. The Morgan fingerprint density at radius 3 is 2.42 bits per heavy atom. The maximum Gasteiger partial charge on any atom is 0.416 e. The van der Waals surface area contributed by atoms with Gasteiger partial charge in [-0.3, -0.25) is 4.90 Å². The van der Waals surface area contributed by atoms with Crippen LogP contribution in [0.3, 0.4) is 0 Å². The minimum absolute atomic E-state index is 0.128. The molecule has 1 heterocycles. The van der Waals surface area contributed by atoms with Crippen molar-refractivity contribution in [3.05, 3.63) is 35.4 Å². The summed E-state index contributed by atoms with van der Waals surface area (Å²) in [6, 6.07) is 5.37. The average molecular weight is 292 g/mol. The minimum Gasteiger partial charge on any atom is -0.298 e. The zero-order valence-corrected chi connectivity index (χ0v) is 11.5. The molecule has 1 nitrogen and oxygen atoms in total. The first-order valence-corrected chi connectivity index (χ1v) is 6.82. The maximum absolute atomic E-state index is 12.4. The van der Waals surface area contributed by atoms with Crippen molar-refractivity contribution < 1.29 is 13.2 Å². The van der Waals surface area contributed by atoms with E-state index in [-0.39, 0.29) is 5.38 Å². The van der Waals surface area contributed by atoms with E-state index >= 15 is 0 Å². The summed E-state index contributed by atoms with van der Waals surface area (Å²) in [6.45, 7) is 4.54. The number of nitrogens with zero attached hydrogens (tertiary/aromatic N) is 1. The number of alkyl halides is 4. The number of piperidine rings is 1. The van der Waals surface area contributed by atoms with Crippen LogP contribution < -0.4 is 0 Å². The predicted octanol–water partition coefficient (Wildman–Crippen LogP) is 4.15. The number of hydrogen-bond donors (Lipinski definition) is 0. The van der Waals surface area contributed by atoms with Crippen molar-refractivity contribution in [2.24, 2.45) is 5.92 Å². The van der Waals surface area contributed by atoms with Crippen LogP contribution in [-0.4, -0.2) is 23.4 Å². The van der Waals surface area contributed by atoms with Crippen LogP contribution in [0.15, 0.2) is 24.3 Å². The molecule has 0 aliphatic carbocycles. The van der Waals surface area contributed by atoms with E-state index in [1.54, 1.807) is 12.1 Å². The van der Waals surface area contributed by atoms with Crippen molar-refractivity contribution in [3.63, 3.8) is 0 Å². The van der Waals surface area contributed by atoms with Gasteiger partial charge in [-0.25, -0.2) is 0 Å². The summed E-state index contributed by atoms with van der Waals surface area (Å²) >= 11 is 6.22. The summed E-state index contributed by atoms with van der Waals surface area (Å²) in [4.78, 5) is 2.19. The summed E-state index contributed by atoms with van der Waals surface area (Å²) in [6.07, 6.45) is -3.23. The Bertz CT molecular complexity index is 416. The van der Waals surface area contributed by atoms with Crippen molar-refractivity contribution in [2.75, 3.05) is 13.1 Å². The summed E-state index contributed by atoms with van der Waals surface area (Å²) < 4.78 is 37.3. The molecule has 1 aliphatic heterocycles. The van der Waals surface area contributed by atoms with E-state index in [2.05, 4.69) is 11.8 Å². The lowest BCUT2D eigenvalue weighted by Gasteiger charge is -2.33. The first-order valence-electron chi connectivity index (χ1n) is 6.39. The molecule has 1 aliphatic rings. The Hall–Kier alpha value is -0.740. The Kier molecular flexibility index (Phi) is 4.41. The Morgan fingerprint density at radius 1 is 1.26 bits per heavy atom. The lowest BCUT2D eigenvalue weighted by molar-refractivity contribution is -0.137. The van der Waals surface area contributed by atoms with Crippen LogP contribution in [0.1, 0.15) is 24.5 Å². The largest absolute Gasteiger partial charge is 0.416 e. The predicted molar refractivity (Wildman–Crippen MR) is 70.1 cm³/mol. The number of hydrogen-bond acceptors (Lipinski definition) is 1. The summed E-state index contributed by atoms with van der Waals surface area (Å²) in [7, 11) is 0. The van der Waals surface area contributed by atoms with Crippen molar-refractivity contribution in [1.82, 2.24) is 4.90 Å². The van der Waals surface area contributed by atoms with Crippen LogP contribution >= 0.6 is 11.6 Å². The second-order valence-corrected chi connectivity index (χ2v) is 5.77. The second-order valence-electron chi connectivity index (χ2n) is 5.21. The van der Waals surface area contributed by atoms with Gasteiger partial charge in [-0.15, -0.1) is 11.6 Å². The Labute approximate surface area is 116 Å². The van der Waals surface area contributed by atoms with Gasteiger partial charge in [0.25, 0.3) is 0 Å². The number of halogens is 4. The van der Waals surface area contributed by atoms with Gasteiger partial charge in [0, 0.05) is 18.5 Å². The molecule has 1 aromatic carbocycles. The fraction of sp³-hybridized carbons (Fsp3) is 0.571. The molecule has 106 valence electrons. The fourth-order valence-corrected chi connectivity index (χ4v) is 2.61. The van der Waals surface area contributed by atoms with Crippen LogP contribution in [0.2, 0.25) is 0 Å². The van der Waals surface area contributed by atoms with Gasteiger partial charge >= 0.3 is 6.18 Å². The topological polar surface area (TPSA) is 3.24 Å². The van der Waals surface area contributed by atoms with E-state index in [9.17, 15) is 13.2 Å².